The predicted octanol–water partition coefficient (Wildman–Crippen LogP) is 1.11. The summed E-state index contributed by atoms with van der Waals surface area (Å²) < 4.78 is 10.2. The lowest BCUT2D eigenvalue weighted by Crippen LogP contribution is -2.37. The molecule has 1 aromatic rings. The molecule has 0 fully saturated rings. The molecule has 1 aliphatic rings. The molecule has 4 N–H and O–H groups in total. The van der Waals surface area contributed by atoms with Gasteiger partial charge in [-0.05, 0) is 30.5 Å². The zero-order chi connectivity index (χ0) is 12.4. The summed E-state index contributed by atoms with van der Waals surface area (Å²) in [6.07, 6.45) is 0.364. The molecule has 5 nitrogen and oxygen atoms in total. The molecule has 92 valence electrons. The fourth-order valence-corrected chi connectivity index (χ4v) is 2.17. The number of aryl methyl sites for hydroxylation is 1. The molecule has 1 amide bonds. The first-order valence-electron chi connectivity index (χ1n) is 5.50. The average Bonchev–Trinajstić information content (AvgIpc) is 2.32. The SMILES string of the molecule is COc1ccc2c(c1)C(OC(N)=O)[C@H](N)CC2. The van der Waals surface area contributed by atoms with Crippen LogP contribution in [0.2, 0.25) is 0 Å². The number of methoxy groups -OCH3 is 1. The highest BCUT2D eigenvalue weighted by molar-refractivity contribution is 5.65. The highest BCUT2D eigenvalue weighted by atomic mass is 16.6. The van der Waals surface area contributed by atoms with Crippen molar-refractivity contribution in [1.82, 2.24) is 0 Å². The molecule has 2 rings (SSSR count). The van der Waals surface area contributed by atoms with E-state index in [0.717, 1.165) is 29.7 Å². The van der Waals surface area contributed by atoms with Gasteiger partial charge in [-0.3, -0.25) is 0 Å². The molecular formula is C12H16N2O3. The number of ether oxygens (including phenoxy) is 2. The highest BCUT2D eigenvalue weighted by Gasteiger charge is 2.30. The third kappa shape index (κ3) is 2.34. The van der Waals surface area contributed by atoms with Crippen LogP contribution >= 0.6 is 0 Å². The molecule has 0 saturated carbocycles. The second-order valence-electron chi connectivity index (χ2n) is 4.12. The molecule has 1 aromatic carbocycles. The van der Waals surface area contributed by atoms with Gasteiger partial charge >= 0.3 is 6.09 Å². The Balaban J connectivity index is 2.37. The third-order valence-electron chi connectivity index (χ3n) is 3.04. The third-order valence-corrected chi connectivity index (χ3v) is 3.04. The Morgan fingerprint density at radius 1 is 1.47 bits per heavy atom. The van der Waals surface area contributed by atoms with Crippen LogP contribution in [-0.2, 0) is 11.2 Å². The summed E-state index contributed by atoms with van der Waals surface area (Å²) in [6, 6.07) is 5.48. The van der Waals surface area contributed by atoms with Gasteiger partial charge in [0.05, 0.1) is 7.11 Å². The van der Waals surface area contributed by atoms with Crippen LogP contribution in [0.4, 0.5) is 4.79 Å². The molecule has 0 radical (unpaired) electrons. The number of primary amides is 1. The lowest BCUT2D eigenvalue weighted by molar-refractivity contribution is 0.0833. The topological polar surface area (TPSA) is 87.6 Å². The van der Waals surface area contributed by atoms with Gasteiger partial charge in [-0.2, -0.15) is 0 Å². The maximum atomic E-state index is 10.9. The van der Waals surface area contributed by atoms with Gasteiger partial charge in [0.25, 0.3) is 0 Å². The molecule has 0 aliphatic heterocycles. The molecule has 1 aliphatic carbocycles. The Labute approximate surface area is 99.7 Å². The smallest absolute Gasteiger partial charge is 0.405 e. The fraction of sp³-hybridized carbons (Fsp3) is 0.417. The molecular weight excluding hydrogens is 220 g/mol. The number of hydrogen-bond donors (Lipinski definition) is 2. The van der Waals surface area contributed by atoms with E-state index in [1.54, 1.807) is 7.11 Å². The summed E-state index contributed by atoms with van der Waals surface area (Å²) >= 11 is 0. The van der Waals surface area contributed by atoms with Crippen molar-refractivity contribution < 1.29 is 14.3 Å². The van der Waals surface area contributed by atoms with Crippen molar-refractivity contribution in [2.75, 3.05) is 7.11 Å². The average molecular weight is 236 g/mol. The molecule has 0 heterocycles. The van der Waals surface area contributed by atoms with E-state index in [4.69, 9.17) is 20.9 Å². The minimum Gasteiger partial charge on any atom is -0.497 e. The minimum absolute atomic E-state index is 0.220. The van der Waals surface area contributed by atoms with Gasteiger partial charge in [0.15, 0.2) is 0 Å². The number of hydrogen-bond acceptors (Lipinski definition) is 4. The number of carbonyl (C=O) groups is 1. The van der Waals surface area contributed by atoms with E-state index in [1.807, 2.05) is 18.2 Å². The zero-order valence-electron chi connectivity index (χ0n) is 9.68. The molecule has 1 unspecified atom stereocenters. The lowest BCUT2D eigenvalue weighted by Gasteiger charge is -2.30. The number of benzene rings is 1. The minimum atomic E-state index is -0.805. The summed E-state index contributed by atoms with van der Waals surface area (Å²) in [6.45, 7) is 0. The molecule has 0 spiro atoms. The number of nitrogens with two attached hydrogens (primary N) is 2. The largest absolute Gasteiger partial charge is 0.497 e. The maximum Gasteiger partial charge on any atom is 0.405 e. The van der Waals surface area contributed by atoms with E-state index in [1.165, 1.54) is 0 Å². The molecule has 0 saturated heterocycles. The van der Waals surface area contributed by atoms with Crippen molar-refractivity contribution in [3.63, 3.8) is 0 Å². The van der Waals surface area contributed by atoms with Crippen LogP contribution in [0, 0.1) is 0 Å². The van der Waals surface area contributed by atoms with Crippen molar-refractivity contribution in [3.05, 3.63) is 29.3 Å². The Morgan fingerprint density at radius 3 is 2.88 bits per heavy atom. The first-order chi connectivity index (χ1) is 8.11. The summed E-state index contributed by atoms with van der Waals surface area (Å²) in [5, 5.41) is 0. The van der Waals surface area contributed by atoms with Gasteiger partial charge < -0.3 is 20.9 Å². The standard InChI is InChI=1S/C12H16N2O3/c1-16-8-4-2-7-3-5-10(13)11(9(7)6-8)17-12(14)15/h2,4,6,10-11H,3,5,13H2,1H3,(H2,14,15)/t10-,11?/m1/s1. The van der Waals surface area contributed by atoms with E-state index in [-0.39, 0.29) is 6.04 Å². The van der Waals surface area contributed by atoms with Crippen LogP contribution < -0.4 is 16.2 Å². The second-order valence-corrected chi connectivity index (χ2v) is 4.12. The van der Waals surface area contributed by atoms with Crippen molar-refractivity contribution >= 4 is 6.09 Å². The molecule has 5 heteroatoms. The van der Waals surface area contributed by atoms with E-state index in [2.05, 4.69) is 0 Å². The van der Waals surface area contributed by atoms with Gasteiger partial charge in [0.1, 0.15) is 11.9 Å². The summed E-state index contributed by atoms with van der Waals surface area (Å²) in [4.78, 5) is 10.9. The lowest BCUT2D eigenvalue weighted by atomic mass is 9.86. The Morgan fingerprint density at radius 2 is 2.24 bits per heavy atom. The van der Waals surface area contributed by atoms with E-state index < -0.39 is 12.2 Å². The van der Waals surface area contributed by atoms with Gasteiger partial charge in [0.2, 0.25) is 0 Å². The molecule has 2 atom stereocenters. The van der Waals surface area contributed by atoms with Gasteiger partial charge in [0, 0.05) is 11.6 Å². The van der Waals surface area contributed by atoms with Crippen LogP contribution in [-0.4, -0.2) is 19.2 Å². The summed E-state index contributed by atoms with van der Waals surface area (Å²) in [7, 11) is 1.59. The van der Waals surface area contributed by atoms with Crippen molar-refractivity contribution in [2.45, 2.75) is 25.0 Å². The highest BCUT2D eigenvalue weighted by Crippen LogP contribution is 2.34. The maximum absolute atomic E-state index is 10.9. The van der Waals surface area contributed by atoms with E-state index in [0.29, 0.717) is 0 Å². The van der Waals surface area contributed by atoms with Crippen molar-refractivity contribution in [1.29, 1.82) is 0 Å². The van der Waals surface area contributed by atoms with Crippen LogP contribution in [0.15, 0.2) is 18.2 Å². The first kappa shape index (κ1) is 11.7. The number of carbonyl (C=O) groups excluding carboxylic acids is 1. The van der Waals surface area contributed by atoms with Crippen LogP contribution in [0.1, 0.15) is 23.7 Å². The summed E-state index contributed by atoms with van der Waals surface area (Å²) in [5.41, 5.74) is 13.0. The molecule has 17 heavy (non-hydrogen) atoms. The Kier molecular flexibility index (Phi) is 3.19. The second kappa shape index (κ2) is 4.63. The number of fused-ring (bicyclic) bond motifs is 1. The van der Waals surface area contributed by atoms with Crippen LogP contribution in [0.25, 0.3) is 0 Å². The van der Waals surface area contributed by atoms with Crippen LogP contribution in [0.5, 0.6) is 5.75 Å². The Bertz CT molecular complexity index is 434. The first-order valence-corrected chi connectivity index (χ1v) is 5.50. The number of rotatable bonds is 2. The van der Waals surface area contributed by atoms with Crippen molar-refractivity contribution in [3.8, 4) is 5.75 Å². The predicted molar refractivity (Wildman–Crippen MR) is 62.7 cm³/mol. The zero-order valence-corrected chi connectivity index (χ0v) is 9.68. The molecule has 0 bridgehead atoms. The van der Waals surface area contributed by atoms with Gasteiger partial charge in [-0.15, -0.1) is 0 Å². The van der Waals surface area contributed by atoms with Gasteiger partial charge in [-0.1, -0.05) is 6.07 Å². The van der Waals surface area contributed by atoms with Gasteiger partial charge in [-0.25, -0.2) is 4.79 Å². The van der Waals surface area contributed by atoms with Crippen LogP contribution in [0.3, 0.4) is 0 Å². The van der Waals surface area contributed by atoms with E-state index in [9.17, 15) is 4.79 Å². The van der Waals surface area contributed by atoms with E-state index >= 15 is 0 Å². The normalized spacial score (nSPS) is 22.7. The molecule has 0 aromatic heterocycles. The number of amides is 1. The quantitative estimate of drug-likeness (QED) is 0.805. The monoisotopic (exact) mass is 236 g/mol. The summed E-state index contributed by atoms with van der Waals surface area (Å²) in [5.74, 6) is 0.718. The van der Waals surface area contributed by atoms with Crippen molar-refractivity contribution in [2.24, 2.45) is 11.5 Å². The Hall–Kier alpha value is -1.75. The fourth-order valence-electron chi connectivity index (χ4n) is 2.17.